The van der Waals surface area contributed by atoms with E-state index in [0.717, 1.165) is 0 Å². The number of ether oxygens (including phenoxy) is 4. The SMILES string of the molecule is COC(=O)C(C)NP(=O)(OC[C@@H]1C=C[C@H](n2cc(C)c(=O)[nH]c2=O)O1)OC1C=CC=CC1(OC)OC. The number of hydrogen-bond acceptors (Lipinski definition) is 10. The summed E-state index contributed by atoms with van der Waals surface area (Å²) in [4.78, 5) is 38.0. The Labute approximate surface area is 207 Å². The van der Waals surface area contributed by atoms with E-state index in [2.05, 4.69) is 10.1 Å². The van der Waals surface area contributed by atoms with E-state index in [-0.39, 0.29) is 6.61 Å². The minimum absolute atomic E-state index is 0.262. The Hall–Kier alpha value is -2.64. The Kier molecular flexibility index (Phi) is 9.01. The lowest BCUT2D eigenvalue weighted by Gasteiger charge is -2.37. The largest absolute Gasteiger partial charge is 0.468 e. The number of nitrogens with zero attached hydrogens (tertiary/aromatic N) is 1. The number of nitrogens with one attached hydrogen (secondary N) is 2. The van der Waals surface area contributed by atoms with Gasteiger partial charge in [0.15, 0.2) is 6.23 Å². The quantitative estimate of drug-likeness (QED) is 0.184. The Bertz CT molecular complexity index is 1200. The van der Waals surface area contributed by atoms with Crippen LogP contribution in [0.2, 0.25) is 0 Å². The zero-order chi connectivity index (χ0) is 26.5. The Balaban J connectivity index is 1.76. The molecule has 5 atom stereocenters. The number of hydrogen-bond donors (Lipinski definition) is 2. The van der Waals surface area contributed by atoms with E-state index in [1.54, 1.807) is 43.4 Å². The summed E-state index contributed by atoms with van der Waals surface area (Å²) < 4.78 is 47.9. The summed E-state index contributed by atoms with van der Waals surface area (Å²) in [6, 6.07) is -1.04. The van der Waals surface area contributed by atoms with Gasteiger partial charge >= 0.3 is 19.4 Å². The predicted molar refractivity (Wildman–Crippen MR) is 127 cm³/mol. The first-order valence-electron chi connectivity index (χ1n) is 11.0. The van der Waals surface area contributed by atoms with Crippen molar-refractivity contribution in [2.75, 3.05) is 27.9 Å². The molecule has 0 bridgehead atoms. The summed E-state index contributed by atoms with van der Waals surface area (Å²) in [7, 11) is -0.216. The second kappa shape index (κ2) is 11.6. The fourth-order valence-electron chi connectivity index (χ4n) is 3.55. The van der Waals surface area contributed by atoms with E-state index in [9.17, 15) is 18.9 Å². The molecule has 14 heteroatoms. The van der Waals surface area contributed by atoms with E-state index >= 15 is 0 Å². The van der Waals surface area contributed by atoms with Gasteiger partial charge in [-0.3, -0.25) is 28.2 Å². The molecule has 2 heterocycles. The van der Waals surface area contributed by atoms with Crippen LogP contribution in [0.4, 0.5) is 0 Å². The molecule has 13 nitrogen and oxygen atoms in total. The van der Waals surface area contributed by atoms with Crippen LogP contribution in [-0.2, 0) is 37.4 Å². The molecule has 1 aliphatic carbocycles. The van der Waals surface area contributed by atoms with Gasteiger partial charge < -0.3 is 18.9 Å². The number of aryl methyl sites for hydroxylation is 1. The summed E-state index contributed by atoms with van der Waals surface area (Å²) in [6.45, 7) is 2.74. The highest BCUT2D eigenvalue weighted by atomic mass is 31.2. The third-order valence-electron chi connectivity index (χ3n) is 5.55. The molecule has 3 unspecified atom stereocenters. The number of esters is 1. The van der Waals surface area contributed by atoms with Gasteiger partial charge in [-0.05, 0) is 32.1 Å². The predicted octanol–water partition coefficient (Wildman–Crippen LogP) is 1.07. The average molecular weight is 527 g/mol. The van der Waals surface area contributed by atoms with Gasteiger partial charge in [0.1, 0.15) is 18.2 Å². The molecule has 2 aliphatic rings. The number of aromatic amines is 1. The van der Waals surface area contributed by atoms with Crippen molar-refractivity contribution in [3.05, 3.63) is 69.1 Å². The summed E-state index contributed by atoms with van der Waals surface area (Å²) in [6.07, 6.45) is 8.54. The smallest absolute Gasteiger partial charge is 0.407 e. The lowest BCUT2D eigenvalue weighted by atomic mass is 10.0. The van der Waals surface area contributed by atoms with Gasteiger partial charge in [-0.2, -0.15) is 0 Å². The van der Waals surface area contributed by atoms with Gasteiger partial charge in [0.05, 0.1) is 13.7 Å². The average Bonchev–Trinajstić information content (AvgIpc) is 3.33. The van der Waals surface area contributed by atoms with Gasteiger partial charge in [0.25, 0.3) is 5.56 Å². The molecule has 198 valence electrons. The Morgan fingerprint density at radius 2 is 1.94 bits per heavy atom. The molecule has 1 aromatic rings. The van der Waals surface area contributed by atoms with Crippen molar-refractivity contribution in [2.24, 2.45) is 0 Å². The van der Waals surface area contributed by atoms with Crippen molar-refractivity contribution in [2.45, 2.75) is 44.1 Å². The van der Waals surface area contributed by atoms with Gasteiger partial charge in [0, 0.05) is 26.0 Å². The zero-order valence-corrected chi connectivity index (χ0v) is 21.4. The van der Waals surface area contributed by atoms with Gasteiger partial charge in [0.2, 0.25) is 5.79 Å². The van der Waals surface area contributed by atoms with Gasteiger partial charge in [-0.1, -0.05) is 18.2 Å². The topological polar surface area (TPSA) is 156 Å². The molecule has 3 rings (SSSR count). The van der Waals surface area contributed by atoms with Crippen molar-refractivity contribution in [3.8, 4) is 0 Å². The van der Waals surface area contributed by atoms with E-state index in [1.165, 1.54) is 39.0 Å². The number of H-pyrrole nitrogens is 1. The molecule has 0 radical (unpaired) electrons. The van der Waals surface area contributed by atoms with Crippen LogP contribution >= 0.6 is 7.75 Å². The zero-order valence-electron chi connectivity index (χ0n) is 20.5. The molecular weight excluding hydrogens is 497 g/mol. The van der Waals surface area contributed by atoms with Crippen molar-refractivity contribution in [1.82, 2.24) is 14.6 Å². The van der Waals surface area contributed by atoms with Crippen LogP contribution in [0.15, 0.2) is 52.2 Å². The standard InChI is InChI=1S/C22H30N3O10P/c1-14-12-25(21(28)23-19(14)26)18-10-9-16(34-18)13-33-36(29,24-15(2)20(27)30-3)35-17-8-6-7-11-22(17,31-4)32-5/h6-12,15-18H,13H2,1-5H3,(H,24,29)(H,23,26,28)/t15?,16-,17?,18+,36?/m0/s1. The van der Waals surface area contributed by atoms with Crippen LogP contribution in [0, 0.1) is 6.92 Å². The number of methoxy groups -OCH3 is 3. The second-order valence-corrected chi connectivity index (χ2v) is 9.72. The summed E-state index contributed by atoms with van der Waals surface area (Å²) in [5.41, 5.74) is -0.798. The Morgan fingerprint density at radius 1 is 1.22 bits per heavy atom. The number of rotatable bonds is 11. The van der Waals surface area contributed by atoms with E-state index in [4.69, 9.17) is 28.0 Å². The minimum atomic E-state index is -4.21. The molecule has 0 saturated heterocycles. The van der Waals surface area contributed by atoms with Crippen LogP contribution in [0.3, 0.4) is 0 Å². The lowest BCUT2D eigenvalue weighted by Crippen LogP contribution is -2.46. The lowest BCUT2D eigenvalue weighted by molar-refractivity contribution is -0.210. The second-order valence-electron chi connectivity index (χ2n) is 8.00. The first-order chi connectivity index (χ1) is 17.1. The van der Waals surface area contributed by atoms with Crippen LogP contribution in [0.5, 0.6) is 0 Å². The highest BCUT2D eigenvalue weighted by Crippen LogP contribution is 2.49. The Morgan fingerprint density at radius 3 is 2.61 bits per heavy atom. The molecule has 0 saturated carbocycles. The van der Waals surface area contributed by atoms with Crippen LogP contribution in [0.25, 0.3) is 0 Å². The van der Waals surface area contributed by atoms with Crippen molar-refractivity contribution in [1.29, 1.82) is 0 Å². The molecule has 36 heavy (non-hydrogen) atoms. The maximum absolute atomic E-state index is 13.8. The number of carbonyl (C=O) groups is 1. The van der Waals surface area contributed by atoms with E-state index in [1.807, 2.05) is 0 Å². The molecular formula is C22H30N3O10P. The molecule has 1 aliphatic heterocycles. The highest BCUT2D eigenvalue weighted by Gasteiger charge is 2.44. The van der Waals surface area contributed by atoms with Crippen LogP contribution in [0.1, 0.15) is 18.7 Å². The minimum Gasteiger partial charge on any atom is -0.468 e. The third-order valence-corrected chi connectivity index (χ3v) is 7.25. The van der Waals surface area contributed by atoms with Gasteiger partial charge in [-0.25, -0.2) is 14.4 Å². The molecule has 0 fully saturated rings. The first-order valence-corrected chi connectivity index (χ1v) is 12.5. The maximum atomic E-state index is 13.8. The maximum Gasteiger partial charge on any atom is 0.407 e. The molecule has 2 N–H and O–H groups in total. The number of aromatic nitrogens is 2. The molecule has 1 aromatic heterocycles. The molecule has 0 aromatic carbocycles. The third kappa shape index (κ3) is 6.19. The van der Waals surface area contributed by atoms with Crippen LogP contribution in [-0.4, -0.2) is 67.5 Å². The van der Waals surface area contributed by atoms with Crippen molar-refractivity contribution >= 4 is 13.7 Å². The first kappa shape index (κ1) is 27.9. The molecule has 0 spiro atoms. The van der Waals surface area contributed by atoms with Crippen molar-refractivity contribution < 1.29 is 37.4 Å². The molecule has 0 amide bonds. The van der Waals surface area contributed by atoms with Gasteiger partial charge in [-0.15, -0.1) is 0 Å². The fourth-order valence-corrected chi connectivity index (χ4v) is 5.18. The van der Waals surface area contributed by atoms with E-state index < -0.39 is 55.2 Å². The van der Waals surface area contributed by atoms with E-state index in [0.29, 0.717) is 5.56 Å². The fraction of sp³-hybridized carbons (Fsp3) is 0.500. The van der Waals surface area contributed by atoms with Crippen LogP contribution < -0.4 is 16.3 Å². The normalized spacial score (nSPS) is 25.0. The number of carbonyl (C=O) groups excluding carboxylic acids is 1. The monoisotopic (exact) mass is 527 g/mol. The van der Waals surface area contributed by atoms with Crippen molar-refractivity contribution in [3.63, 3.8) is 0 Å². The summed E-state index contributed by atoms with van der Waals surface area (Å²) in [5.74, 6) is -2.07. The number of allylic oxidation sites excluding steroid dienone is 2. The summed E-state index contributed by atoms with van der Waals surface area (Å²) >= 11 is 0. The highest BCUT2D eigenvalue weighted by molar-refractivity contribution is 7.51. The summed E-state index contributed by atoms with van der Waals surface area (Å²) in [5, 5.41) is 2.56.